The van der Waals surface area contributed by atoms with Crippen LogP contribution in [0.1, 0.15) is 26.7 Å². The van der Waals surface area contributed by atoms with Crippen LogP contribution in [0.15, 0.2) is 0 Å². The van der Waals surface area contributed by atoms with E-state index in [2.05, 4.69) is 10.6 Å². The number of carbonyl (C=O) groups excluding carboxylic acids is 1. The van der Waals surface area contributed by atoms with Crippen LogP contribution >= 0.6 is 0 Å². The summed E-state index contributed by atoms with van der Waals surface area (Å²) >= 11 is 0. The second-order valence-corrected chi connectivity index (χ2v) is 4.51. The number of carboxylic acids is 1. The Labute approximate surface area is 95.6 Å². The lowest BCUT2D eigenvalue weighted by molar-refractivity contribution is -0.143. The average Bonchev–Trinajstić information content (AvgIpc) is 3.03. The molecule has 1 unspecified atom stereocenters. The Bertz CT molecular complexity index is 274. The zero-order valence-electron chi connectivity index (χ0n) is 9.88. The molecule has 0 aromatic heterocycles. The van der Waals surface area contributed by atoms with E-state index in [1.807, 2.05) is 13.8 Å². The van der Waals surface area contributed by atoms with Crippen LogP contribution in [0.2, 0.25) is 0 Å². The van der Waals surface area contributed by atoms with Crippen molar-refractivity contribution in [1.29, 1.82) is 0 Å². The molecule has 16 heavy (non-hydrogen) atoms. The van der Waals surface area contributed by atoms with Crippen molar-refractivity contribution in [2.24, 2.45) is 11.3 Å². The van der Waals surface area contributed by atoms with Gasteiger partial charge in [-0.05, 0) is 19.4 Å². The standard InChI is InChI=1S/C11H20N2O3/c1-3-12-6-8(2)9(14)13-7-11(4-5-11)10(15)16/h8,12H,3-7H2,1-2H3,(H,13,14)(H,15,16). The maximum absolute atomic E-state index is 11.6. The summed E-state index contributed by atoms with van der Waals surface area (Å²) in [5.41, 5.74) is -0.673. The summed E-state index contributed by atoms with van der Waals surface area (Å²) in [6.07, 6.45) is 1.34. The van der Waals surface area contributed by atoms with Gasteiger partial charge < -0.3 is 15.7 Å². The fourth-order valence-corrected chi connectivity index (χ4v) is 1.50. The fraction of sp³-hybridized carbons (Fsp3) is 0.818. The van der Waals surface area contributed by atoms with E-state index in [4.69, 9.17) is 5.11 Å². The molecule has 0 aromatic carbocycles. The molecule has 0 aromatic rings. The molecule has 5 heteroatoms. The molecular formula is C11H20N2O3. The Hall–Kier alpha value is -1.10. The summed E-state index contributed by atoms with van der Waals surface area (Å²) in [4.78, 5) is 22.5. The Kier molecular flexibility index (Phi) is 4.29. The summed E-state index contributed by atoms with van der Waals surface area (Å²) in [5.74, 6) is -0.995. The normalized spacial score (nSPS) is 18.9. The molecular weight excluding hydrogens is 208 g/mol. The summed E-state index contributed by atoms with van der Waals surface area (Å²) in [5, 5.41) is 14.7. The first-order chi connectivity index (χ1) is 7.52. The highest BCUT2D eigenvalue weighted by atomic mass is 16.4. The van der Waals surface area contributed by atoms with E-state index in [1.165, 1.54) is 0 Å². The van der Waals surface area contributed by atoms with Gasteiger partial charge in [-0.15, -0.1) is 0 Å². The van der Waals surface area contributed by atoms with Crippen LogP contribution in [0.4, 0.5) is 0 Å². The van der Waals surface area contributed by atoms with Gasteiger partial charge in [0.25, 0.3) is 0 Å². The van der Waals surface area contributed by atoms with Gasteiger partial charge in [-0.25, -0.2) is 0 Å². The molecule has 1 fully saturated rings. The van der Waals surface area contributed by atoms with Crippen molar-refractivity contribution in [3.8, 4) is 0 Å². The van der Waals surface area contributed by atoms with Gasteiger partial charge in [0, 0.05) is 19.0 Å². The van der Waals surface area contributed by atoms with Crippen LogP contribution in [0.3, 0.4) is 0 Å². The molecule has 1 aliphatic carbocycles. The molecule has 3 N–H and O–H groups in total. The first kappa shape index (κ1) is 13.0. The molecule has 1 rings (SSSR count). The smallest absolute Gasteiger partial charge is 0.311 e. The third-order valence-electron chi connectivity index (χ3n) is 3.06. The summed E-state index contributed by atoms with van der Waals surface area (Å²) < 4.78 is 0. The molecule has 92 valence electrons. The quantitative estimate of drug-likeness (QED) is 0.582. The SMILES string of the molecule is CCNCC(C)C(=O)NCC1(C(=O)O)CC1. The van der Waals surface area contributed by atoms with Gasteiger partial charge >= 0.3 is 5.97 Å². The highest BCUT2D eigenvalue weighted by molar-refractivity contribution is 5.82. The molecule has 1 atom stereocenters. The Balaban J connectivity index is 2.27. The topological polar surface area (TPSA) is 78.4 Å². The van der Waals surface area contributed by atoms with Crippen LogP contribution in [0.5, 0.6) is 0 Å². The van der Waals surface area contributed by atoms with Gasteiger partial charge in [-0.1, -0.05) is 13.8 Å². The lowest BCUT2D eigenvalue weighted by Crippen LogP contribution is -2.39. The zero-order chi connectivity index (χ0) is 12.2. The highest BCUT2D eigenvalue weighted by Gasteiger charge is 2.50. The Morgan fingerprint density at radius 2 is 2.06 bits per heavy atom. The van der Waals surface area contributed by atoms with E-state index >= 15 is 0 Å². The van der Waals surface area contributed by atoms with Crippen molar-refractivity contribution in [3.63, 3.8) is 0 Å². The fourth-order valence-electron chi connectivity index (χ4n) is 1.50. The largest absolute Gasteiger partial charge is 0.481 e. The number of rotatable bonds is 7. The Morgan fingerprint density at radius 3 is 2.50 bits per heavy atom. The van der Waals surface area contributed by atoms with Crippen molar-refractivity contribution < 1.29 is 14.7 Å². The number of hydrogen-bond acceptors (Lipinski definition) is 3. The van der Waals surface area contributed by atoms with E-state index < -0.39 is 11.4 Å². The Morgan fingerprint density at radius 1 is 1.44 bits per heavy atom. The number of nitrogens with one attached hydrogen (secondary N) is 2. The maximum Gasteiger partial charge on any atom is 0.311 e. The first-order valence-corrected chi connectivity index (χ1v) is 5.73. The van der Waals surface area contributed by atoms with E-state index in [1.54, 1.807) is 0 Å². The van der Waals surface area contributed by atoms with Gasteiger partial charge in [0.05, 0.1) is 5.41 Å². The number of carbonyl (C=O) groups is 2. The minimum Gasteiger partial charge on any atom is -0.481 e. The lowest BCUT2D eigenvalue weighted by atomic mass is 10.1. The number of aliphatic carboxylic acids is 1. The molecule has 0 radical (unpaired) electrons. The van der Waals surface area contributed by atoms with Gasteiger partial charge in [0.1, 0.15) is 0 Å². The predicted molar refractivity (Wildman–Crippen MR) is 60.0 cm³/mol. The molecule has 0 saturated heterocycles. The first-order valence-electron chi connectivity index (χ1n) is 5.73. The molecule has 0 bridgehead atoms. The third-order valence-corrected chi connectivity index (χ3v) is 3.06. The van der Waals surface area contributed by atoms with Gasteiger partial charge in [0.15, 0.2) is 0 Å². The summed E-state index contributed by atoms with van der Waals surface area (Å²) in [7, 11) is 0. The van der Waals surface area contributed by atoms with Crippen LogP contribution in [-0.2, 0) is 9.59 Å². The van der Waals surface area contributed by atoms with E-state index in [-0.39, 0.29) is 18.4 Å². The predicted octanol–water partition coefficient (Wildman–Crippen LogP) is 0.213. The van der Waals surface area contributed by atoms with Crippen molar-refractivity contribution in [1.82, 2.24) is 10.6 Å². The van der Waals surface area contributed by atoms with E-state index in [9.17, 15) is 9.59 Å². The van der Waals surface area contributed by atoms with Crippen LogP contribution in [-0.4, -0.2) is 36.6 Å². The third kappa shape index (κ3) is 3.20. The molecule has 0 heterocycles. The number of hydrogen-bond donors (Lipinski definition) is 3. The van der Waals surface area contributed by atoms with Crippen molar-refractivity contribution in [2.45, 2.75) is 26.7 Å². The van der Waals surface area contributed by atoms with Crippen LogP contribution < -0.4 is 10.6 Å². The molecule has 0 aliphatic heterocycles. The van der Waals surface area contributed by atoms with Gasteiger partial charge in [0.2, 0.25) is 5.91 Å². The second kappa shape index (κ2) is 5.30. The minimum atomic E-state index is -0.799. The summed E-state index contributed by atoms with van der Waals surface area (Å²) in [6, 6.07) is 0. The van der Waals surface area contributed by atoms with Crippen LogP contribution in [0, 0.1) is 11.3 Å². The van der Waals surface area contributed by atoms with Crippen molar-refractivity contribution in [3.05, 3.63) is 0 Å². The molecule has 1 saturated carbocycles. The zero-order valence-corrected chi connectivity index (χ0v) is 9.88. The molecule has 0 spiro atoms. The monoisotopic (exact) mass is 228 g/mol. The molecule has 5 nitrogen and oxygen atoms in total. The molecule has 1 amide bonds. The lowest BCUT2D eigenvalue weighted by Gasteiger charge is -2.15. The van der Waals surface area contributed by atoms with E-state index in [0.717, 1.165) is 6.54 Å². The van der Waals surface area contributed by atoms with Gasteiger partial charge in [-0.2, -0.15) is 0 Å². The maximum atomic E-state index is 11.6. The minimum absolute atomic E-state index is 0.0755. The number of carboxylic acid groups (broad SMARTS) is 1. The highest BCUT2D eigenvalue weighted by Crippen LogP contribution is 2.45. The van der Waals surface area contributed by atoms with Crippen LogP contribution in [0.25, 0.3) is 0 Å². The van der Waals surface area contributed by atoms with Gasteiger partial charge in [-0.3, -0.25) is 9.59 Å². The van der Waals surface area contributed by atoms with Crippen molar-refractivity contribution in [2.75, 3.05) is 19.6 Å². The summed E-state index contributed by atoms with van der Waals surface area (Å²) in [6.45, 7) is 5.53. The second-order valence-electron chi connectivity index (χ2n) is 4.51. The van der Waals surface area contributed by atoms with Crippen molar-refractivity contribution >= 4 is 11.9 Å². The average molecular weight is 228 g/mol. The molecule has 1 aliphatic rings. The number of amides is 1. The van der Waals surface area contributed by atoms with E-state index in [0.29, 0.717) is 19.4 Å².